The van der Waals surface area contributed by atoms with Gasteiger partial charge in [-0.15, -0.1) is 0 Å². The molecule has 0 saturated heterocycles. The van der Waals surface area contributed by atoms with E-state index in [1.165, 1.54) is 0 Å². The van der Waals surface area contributed by atoms with E-state index >= 15 is 0 Å². The predicted octanol–water partition coefficient (Wildman–Crippen LogP) is 2.89. The number of thiocarbonyl (C=S) groups is 1. The summed E-state index contributed by atoms with van der Waals surface area (Å²) in [5.74, 6) is 2.34. The molecule has 0 amide bonds. The summed E-state index contributed by atoms with van der Waals surface area (Å²) in [5.41, 5.74) is 2.06. The van der Waals surface area contributed by atoms with Gasteiger partial charge in [0.15, 0.2) is 11.5 Å². The standard InChI is InChI=1S/C16H15NO3S/c1-18-13-5-2-11(3-6-13)9-17-16(21)12-4-7-14-15(8-12)20-10-19-14/h2-8H,9-10H2,1H3,(H,17,21). The summed E-state index contributed by atoms with van der Waals surface area (Å²) in [6.07, 6.45) is 0. The van der Waals surface area contributed by atoms with E-state index in [0.29, 0.717) is 11.5 Å². The number of benzene rings is 2. The van der Waals surface area contributed by atoms with Crippen molar-refractivity contribution in [2.24, 2.45) is 0 Å². The zero-order valence-corrected chi connectivity index (χ0v) is 12.4. The monoisotopic (exact) mass is 301 g/mol. The maximum atomic E-state index is 5.41. The van der Waals surface area contributed by atoms with Crippen LogP contribution in [0.2, 0.25) is 0 Å². The molecule has 0 aliphatic carbocycles. The average molecular weight is 301 g/mol. The molecule has 5 heteroatoms. The van der Waals surface area contributed by atoms with Crippen LogP contribution in [0.15, 0.2) is 42.5 Å². The fraction of sp³-hybridized carbons (Fsp3) is 0.188. The van der Waals surface area contributed by atoms with Crippen LogP contribution in [0.4, 0.5) is 0 Å². The maximum absolute atomic E-state index is 5.41. The first-order valence-electron chi connectivity index (χ1n) is 6.57. The van der Waals surface area contributed by atoms with Crippen LogP contribution < -0.4 is 19.5 Å². The highest BCUT2D eigenvalue weighted by atomic mass is 32.1. The van der Waals surface area contributed by atoms with Gasteiger partial charge in [0, 0.05) is 12.1 Å². The molecular weight excluding hydrogens is 286 g/mol. The second-order valence-corrected chi connectivity index (χ2v) is 5.01. The van der Waals surface area contributed by atoms with Gasteiger partial charge < -0.3 is 19.5 Å². The zero-order chi connectivity index (χ0) is 14.7. The lowest BCUT2D eigenvalue weighted by molar-refractivity contribution is 0.174. The minimum atomic E-state index is 0.269. The third-order valence-electron chi connectivity index (χ3n) is 3.25. The number of methoxy groups -OCH3 is 1. The highest BCUT2D eigenvalue weighted by Crippen LogP contribution is 2.32. The van der Waals surface area contributed by atoms with E-state index in [4.69, 9.17) is 26.4 Å². The van der Waals surface area contributed by atoms with E-state index in [1.807, 2.05) is 42.5 Å². The first-order chi connectivity index (χ1) is 10.3. The summed E-state index contributed by atoms with van der Waals surface area (Å²) >= 11 is 5.41. The number of hydrogen-bond donors (Lipinski definition) is 1. The van der Waals surface area contributed by atoms with Crippen LogP contribution in [0.3, 0.4) is 0 Å². The number of hydrogen-bond acceptors (Lipinski definition) is 4. The van der Waals surface area contributed by atoms with E-state index in [1.54, 1.807) is 7.11 Å². The second kappa shape index (κ2) is 6.01. The van der Waals surface area contributed by atoms with Gasteiger partial charge in [-0.3, -0.25) is 0 Å². The topological polar surface area (TPSA) is 39.7 Å². The van der Waals surface area contributed by atoms with Crippen LogP contribution in [0, 0.1) is 0 Å². The fourth-order valence-electron chi connectivity index (χ4n) is 2.07. The minimum Gasteiger partial charge on any atom is -0.497 e. The molecule has 1 aliphatic rings. The molecule has 108 valence electrons. The van der Waals surface area contributed by atoms with Gasteiger partial charge in [0.25, 0.3) is 0 Å². The van der Waals surface area contributed by atoms with Crippen molar-refractivity contribution in [3.8, 4) is 17.2 Å². The Hall–Kier alpha value is -2.27. The van der Waals surface area contributed by atoms with Gasteiger partial charge >= 0.3 is 0 Å². The second-order valence-electron chi connectivity index (χ2n) is 4.60. The van der Waals surface area contributed by atoms with Crippen molar-refractivity contribution in [1.82, 2.24) is 5.32 Å². The number of fused-ring (bicyclic) bond motifs is 1. The minimum absolute atomic E-state index is 0.269. The summed E-state index contributed by atoms with van der Waals surface area (Å²) < 4.78 is 15.8. The molecular formula is C16H15NO3S. The fourth-order valence-corrected chi connectivity index (χ4v) is 2.26. The largest absolute Gasteiger partial charge is 0.497 e. The third kappa shape index (κ3) is 3.08. The molecule has 1 heterocycles. The van der Waals surface area contributed by atoms with E-state index in [2.05, 4.69) is 5.32 Å². The van der Waals surface area contributed by atoms with Crippen molar-refractivity contribution in [1.29, 1.82) is 0 Å². The lowest BCUT2D eigenvalue weighted by Gasteiger charge is -2.09. The molecule has 0 unspecified atom stereocenters. The van der Waals surface area contributed by atoms with Crippen molar-refractivity contribution in [3.63, 3.8) is 0 Å². The van der Waals surface area contributed by atoms with Crippen molar-refractivity contribution in [3.05, 3.63) is 53.6 Å². The molecule has 2 aromatic carbocycles. The quantitative estimate of drug-likeness (QED) is 0.879. The molecule has 1 N–H and O–H groups in total. The predicted molar refractivity (Wildman–Crippen MR) is 84.1 cm³/mol. The summed E-state index contributed by atoms with van der Waals surface area (Å²) in [4.78, 5) is 0.684. The molecule has 3 rings (SSSR count). The summed E-state index contributed by atoms with van der Waals surface area (Å²) in [6, 6.07) is 13.6. The molecule has 0 atom stereocenters. The molecule has 21 heavy (non-hydrogen) atoms. The van der Waals surface area contributed by atoms with Crippen LogP contribution >= 0.6 is 12.2 Å². The normalized spacial score (nSPS) is 12.0. The molecule has 0 aromatic heterocycles. The van der Waals surface area contributed by atoms with Crippen LogP contribution in [0.5, 0.6) is 17.2 Å². The van der Waals surface area contributed by atoms with Gasteiger partial charge in [0.2, 0.25) is 6.79 Å². The lowest BCUT2D eigenvalue weighted by atomic mass is 10.2. The average Bonchev–Trinajstić information content (AvgIpc) is 3.00. The van der Waals surface area contributed by atoms with Crippen molar-refractivity contribution in [2.45, 2.75) is 6.54 Å². The van der Waals surface area contributed by atoms with Gasteiger partial charge in [-0.2, -0.15) is 0 Å². The Morgan fingerprint density at radius 2 is 1.90 bits per heavy atom. The Morgan fingerprint density at radius 1 is 1.14 bits per heavy atom. The van der Waals surface area contributed by atoms with Crippen LogP contribution in [-0.4, -0.2) is 18.9 Å². The molecule has 4 nitrogen and oxygen atoms in total. The molecule has 0 saturated carbocycles. The van der Waals surface area contributed by atoms with Crippen molar-refractivity contribution < 1.29 is 14.2 Å². The molecule has 0 bridgehead atoms. The van der Waals surface area contributed by atoms with E-state index in [0.717, 1.165) is 28.4 Å². The molecule has 0 fully saturated rings. The number of rotatable bonds is 4. The van der Waals surface area contributed by atoms with Crippen molar-refractivity contribution in [2.75, 3.05) is 13.9 Å². The Morgan fingerprint density at radius 3 is 2.67 bits per heavy atom. The van der Waals surface area contributed by atoms with E-state index in [9.17, 15) is 0 Å². The van der Waals surface area contributed by atoms with Crippen LogP contribution in [0.25, 0.3) is 0 Å². The Bertz CT molecular complexity index is 655. The Kier molecular flexibility index (Phi) is 3.92. The van der Waals surface area contributed by atoms with Crippen LogP contribution in [0.1, 0.15) is 11.1 Å². The Balaban J connectivity index is 1.63. The zero-order valence-electron chi connectivity index (χ0n) is 11.6. The SMILES string of the molecule is COc1ccc(CNC(=S)c2ccc3c(c2)OCO3)cc1. The van der Waals surface area contributed by atoms with Gasteiger partial charge in [0.05, 0.1) is 7.11 Å². The maximum Gasteiger partial charge on any atom is 0.231 e. The first kappa shape index (κ1) is 13.7. The summed E-state index contributed by atoms with van der Waals surface area (Å²) in [6.45, 7) is 0.933. The highest BCUT2D eigenvalue weighted by molar-refractivity contribution is 7.80. The summed E-state index contributed by atoms with van der Waals surface area (Å²) in [7, 11) is 1.65. The molecule has 0 radical (unpaired) electrons. The van der Waals surface area contributed by atoms with Gasteiger partial charge in [-0.1, -0.05) is 24.4 Å². The van der Waals surface area contributed by atoms with E-state index in [-0.39, 0.29) is 6.79 Å². The number of ether oxygens (including phenoxy) is 3. The van der Waals surface area contributed by atoms with Crippen molar-refractivity contribution >= 4 is 17.2 Å². The van der Waals surface area contributed by atoms with Gasteiger partial charge in [-0.05, 0) is 35.9 Å². The molecule has 1 aliphatic heterocycles. The highest BCUT2D eigenvalue weighted by Gasteiger charge is 2.14. The lowest BCUT2D eigenvalue weighted by Crippen LogP contribution is -2.21. The summed E-state index contributed by atoms with van der Waals surface area (Å²) in [5, 5.41) is 3.24. The molecule has 0 spiro atoms. The van der Waals surface area contributed by atoms with E-state index < -0.39 is 0 Å². The first-order valence-corrected chi connectivity index (χ1v) is 6.98. The van der Waals surface area contributed by atoms with Gasteiger partial charge in [-0.25, -0.2) is 0 Å². The van der Waals surface area contributed by atoms with Gasteiger partial charge in [0.1, 0.15) is 10.7 Å². The number of nitrogens with one attached hydrogen (secondary N) is 1. The Labute approximate surface area is 128 Å². The third-order valence-corrected chi connectivity index (χ3v) is 3.63. The van der Waals surface area contributed by atoms with Crippen LogP contribution in [-0.2, 0) is 6.54 Å². The molecule has 2 aromatic rings. The smallest absolute Gasteiger partial charge is 0.231 e.